The summed E-state index contributed by atoms with van der Waals surface area (Å²) in [6.07, 6.45) is 1.42. The normalized spacial score (nSPS) is 10.8. The summed E-state index contributed by atoms with van der Waals surface area (Å²) in [6, 6.07) is 21.1. The molecule has 0 bridgehead atoms. The molecule has 0 fully saturated rings. The molecule has 0 heterocycles. The minimum atomic E-state index is -1.18. The summed E-state index contributed by atoms with van der Waals surface area (Å²) in [5.74, 6) is -0.832. The fourth-order valence-corrected chi connectivity index (χ4v) is 3.87. The minimum absolute atomic E-state index is 0.0683. The standard InChI is InChI=1S/C26H21IN2O5/c1-2-33-23-14-18(13-21(27)24(23)34-16-17-8-4-3-5-9-17)12-19(15-28)25(30)29-22-11-7-6-10-20(22)26(31)32/h3-14H,2,16H2,1H3,(H,29,30)(H,31,32)/b19-12+. The van der Waals surface area contributed by atoms with Crippen molar-refractivity contribution in [3.63, 3.8) is 0 Å². The Morgan fingerprint density at radius 1 is 1.09 bits per heavy atom. The lowest BCUT2D eigenvalue weighted by atomic mass is 10.1. The van der Waals surface area contributed by atoms with E-state index in [-0.39, 0.29) is 16.8 Å². The molecule has 1 amide bonds. The molecule has 0 radical (unpaired) electrons. The Labute approximate surface area is 210 Å². The first kappa shape index (κ1) is 24.8. The van der Waals surface area contributed by atoms with Gasteiger partial charge < -0.3 is 19.9 Å². The number of carbonyl (C=O) groups excluding carboxylic acids is 1. The van der Waals surface area contributed by atoms with E-state index < -0.39 is 11.9 Å². The second-order valence-corrected chi connectivity index (χ2v) is 8.17. The van der Waals surface area contributed by atoms with Crippen LogP contribution in [0.1, 0.15) is 28.4 Å². The second-order valence-electron chi connectivity index (χ2n) is 7.01. The van der Waals surface area contributed by atoms with Crippen LogP contribution in [0.3, 0.4) is 0 Å². The summed E-state index contributed by atoms with van der Waals surface area (Å²) < 4.78 is 12.5. The molecule has 0 aliphatic rings. The van der Waals surface area contributed by atoms with Crippen LogP contribution < -0.4 is 14.8 Å². The number of carboxylic acids is 1. The van der Waals surface area contributed by atoms with Gasteiger partial charge in [0, 0.05) is 0 Å². The van der Waals surface area contributed by atoms with E-state index >= 15 is 0 Å². The van der Waals surface area contributed by atoms with Crippen LogP contribution in [0, 0.1) is 14.9 Å². The Morgan fingerprint density at radius 2 is 1.79 bits per heavy atom. The Morgan fingerprint density at radius 3 is 2.47 bits per heavy atom. The number of amides is 1. The maximum Gasteiger partial charge on any atom is 0.337 e. The third kappa shape index (κ3) is 6.36. The van der Waals surface area contributed by atoms with Crippen molar-refractivity contribution >= 4 is 46.2 Å². The number of hydrogen-bond acceptors (Lipinski definition) is 5. The molecule has 34 heavy (non-hydrogen) atoms. The van der Waals surface area contributed by atoms with Crippen molar-refractivity contribution in [3.05, 3.63) is 92.6 Å². The van der Waals surface area contributed by atoms with E-state index in [1.807, 2.05) is 43.3 Å². The van der Waals surface area contributed by atoms with Gasteiger partial charge in [-0.2, -0.15) is 5.26 Å². The minimum Gasteiger partial charge on any atom is -0.490 e. The van der Waals surface area contributed by atoms with Crippen LogP contribution in [0.4, 0.5) is 5.69 Å². The summed E-state index contributed by atoms with van der Waals surface area (Å²) in [7, 11) is 0. The Balaban J connectivity index is 1.87. The smallest absolute Gasteiger partial charge is 0.337 e. The Kier molecular flexibility index (Phi) is 8.65. The molecule has 0 aromatic heterocycles. The highest BCUT2D eigenvalue weighted by Gasteiger charge is 2.17. The molecule has 3 aromatic carbocycles. The number of hydrogen-bond donors (Lipinski definition) is 2. The van der Waals surface area contributed by atoms with Crippen LogP contribution in [-0.4, -0.2) is 23.6 Å². The molecule has 2 N–H and O–H groups in total. The second kappa shape index (κ2) is 11.9. The number of nitrogens with one attached hydrogen (secondary N) is 1. The summed E-state index contributed by atoms with van der Waals surface area (Å²) >= 11 is 2.12. The number of para-hydroxylation sites is 1. The van der Waals surface area contributed by atoms with E-state index in [0.717, 1.165) is 9.13 Å². The van der Waals surface area contributed by atoms with Gasteiger partial charge in [-0.05, 0) is 71.0 Å². The summed E-state index contributed by atoms with van der Waals surface area (Å²) in [5, 5.41) is 21.4. The zero-order valence-corrected chi connectivity index (χ0v) is 20.4. The quantitative estimate of drug-likeness (QED) is 0.200. The third-order valence-corrected chi connectivity index (χ3v) is 5.44. The number of benzene rings is 3. The monoisotopic (exact) mass is 568 g/mol. The van der Waals surface area contributed by atoms with Gasteiger partial charge in [0.25, 0.3) is 5.91 Å². The summed E-state index contributed by atoms with van der Waals surface area (Å²) in [4.78, 5) is 24.1. The number of nitrogens with zero attached hydrogens (tertiary/aromatic N) is 1. The van der Waals surface area contributed by atoms with E-state index in [1.54, 1.807) is 24.3 Å². The SMILES string of the molecule is CCOc1cc(/C=C(\C#N)C(=O)Nc2ccccc2C(=O)O)cc(I)c1OCc1ccccc1. The van der Waals surface area contributed by atoms with Gasteiger partial charge >= 0.3 is 5.97 Å². The third-order valence-electron chi connectivity index (χ3n) is 4.64. The largest absolute Gasteiger partial charge is 0.490 e. The summed E-state index contributed by atoms with van der Waals surface area (Å²) in [5.41, 5.74) is 1.43. The van der Waals surface area contributed by atoms with E-state index in [0.29, 0.717) is 30.3 Å². The number of anilines is 1. The molecule has 0 spiro atoms. The van der Waals surface area contributed by atoms with Crippen molar-refractivity contribution in [2.24, 2.45) is 0 Å². The van der Waals surface area contributed by atoms with Crippen molar-refractivity contribution in [1.82, 2.24) is 0 Å². The number of nitriles is 1. The van der Waals surface area contributed by atoms with Gasteiger partial charge in [0.05, 0.1) is 21.4 Å². The molecule has 3 aromatic rings. The molecule has 3 rings (SSSR count). The number of ether oxygens (including phenoxy) is 2. The molecular weight excluding hydrogens is 547 g/mol. The molecule has 172 valence electrons. The van der Waals surface area contributed by atoms with Crippen LogP contribution in [0.2, 0.25) is 0 Å². The average Bonchev–Trinajstić information content (AvgIpc) is 2.83. The molecule has 0 atom stereocenters. The van der Waals surface area contributed by atoms with Crippen LogP contribution >= 0.6 is 22.6 Å². The molecule has 0 unspecified atom stereocenters. The van der Waals surface area contributed by atoms with Crippen molar-refractivity contribution < 1.29 is 24.2 Å². The van der Waals surface area contributed by atoms with E-state index in [4.69, 9.17) is 9.47 Å². The first-order valence-electron chi connectivity index (χ1n) is 10.3. The molecule has 0 saturated carbocycles. The highest BCUT2D eigenvalue weighted by molar-refractivity contribution is 14.1. The maximum atomic E-state index is 12.7. The zero-order valence-electron chi connectivity index (χ0n) is 18.2. The summed E-state index contributed by atoms with van der Waals surface area (Å²) in [6.45, 7) is 2.62. The highest BCUT2D eigenvalue weighted by atomic mass is 127. The van der Waals surface area contributed by atoms with Crippen LogP contribution in [0.25, 0.3) is 6.08 Å². The number of carboxylic acid groups (broad SMARTS) is 1. The molecule has 7 nitrogen and oxygen atoms in total. The van der Waals surface area contributed by atoms with Gasteiger partial charge in [-0.1, -0.05) is 42.5 Å². The predicted octanol–water partition coefficient (Wildman–Crippen LogP) is 5.51. The number of halogens is 1. The topological polar surface area (TPSA) is 109 Å². The number of carbonyl (C=O) groups is 2. The first-order valence-corrected chi connectivity index (χ1v) is 11.4. The van der Waals surface area contributed by atoms with E-state index in [2.05, 4.69) is 27.9 Å². The average molecular weight is 568 g/mol. The van der Waals surface area contributed by atoms with Gasteiger partial charge in [0.2, 0.25) is 0 Å². The highest BCUT2D eigenvalue weighted by Crippen LogP contribution is 2.35. The van der Waals surface area contributed by atoms with E-state index in [9.17, 15) is 20.0 Å². The molecule has 8 heteroatoms. The molecule has 0 saturated heterocycles. The van der Waals surface area contributed by atoms with Gasteiger partial charge in [0.15, 0.2) is 11.5 Å². The first-order chi connectivity index (χ1) is 16.4. The van der Waals surface area contributed by atoms with Gasteiger partial charge in [-0.15, -0.1) is 0 Å². The van der Waals surface area contributed by atoms with Gasteiger partial charge in [0.1, 0.15) is 18.2 Å². The van der Waals surface area contributed by atoms with E-state index in [1.165, 1.54) is 18.2 Å². The van der Waals surface area contributed by atoms with Crippen LogP contribution in [0.15, 0.2) is 72.3 Å². The van der Waals surface area contributed by atoms with Crippen molar-refractivity contribution in [2.75, 3.05) is 11.9 Å². The molecular formula is C26H21IN2O5. The van der Waals surface area contributed by atoms with Crippen molar-refractivity contribution in [2.45, 2.75) is 13.5 Å². The Hall–Kier alpha value is -3.84. The van der Waals surface area contributed by atoms with Gasteiger partial charge in [-0.3, -0.25) is 4.79 Å². The lowest BCUT2D eigenvalue weighted by Crippen LogP contribution is -2.16. The van der Waals surface area contributed by atoms with Gasteiger partial charge in [-0.25, -0.2) is 4.79 Å². The lowest BCUT2D eigenvalue weighted by Gasteiger charge is -2.15. The lowest BCUT2D eigenvalue weighted by molar-refractivity contribution is -0.112. The molecule has 0 aliphatic heterocycles. The van der Waals surface area contributed by atoms with Crippen LogP contribution in [0.5, 0.6) is 11.5 Å². The predicted molar refractivity (Wildman–Crippen MR) is 137 cm³/mol. The van der Waals surface area contributed by atoms with Crippen molar-refractivity contribution in [1.29, 1.82) is 5.26 Å². The van der Waals surface area contributed by atoms with Crippen molar-refractivity contribution in [3.8, 4) is 17.6 Å². The molecule has 0 aliphatic carbocycles. The Bertz CT molecular complexity index is 1270. The number of rotatable bonds is 9. The fraction of sp³-hybridized carbons (Fsp3) is 0.115. The number of aromatic carboxylic acids is 1. The zero-order chi connectivity index (χ0) is 24.5. The van der Waals surface area contributed by atoms with Crippen LogP contribution in [-0.2, 0) is 11.4 Å². The maximum absolute atomic E-state index is 12.7. The fourth-order valence-electron chi connectivity index (χ4n) is 3.09.